The first-order chi connectivity index (χ1) is 9.29. The quantitative estimate of drug-likeness (QED) is 0.827. The number of hydrogen-bond donors (Lipinski definition) is 2. The van der Waals surface area contributed by atoms with E-state index in [1.54, 1.807) is 24.3 Å². The van der Waals surface area contributed by atoms with Crippen LogP contribution in [0.1, 0.15) is 17.5 Å². The maximum atomic E-state index is 12.2. The Balaban J connectivity index is 2.14. The zero-order valence-corrected chi connectivity index (χ0v) is 12.1. The zero-order valence-electron chi connectivity index (χ0n) is 11.3. The van der Waals surface area contributed by atoms with Crippen LogP contribution in [0.15, 0.2) is 35.2 Å². The van der Waals surface area contributed by atoms with Crippen LogP contribution >= 0.6 is 0 Å². The maximum Gasteiger partial charge on any atom is 0.310 e. The average Bonchev–Trinajstić information content (AvgIpc) is 2.80. The molecular weight excluding hydrogens is 278 g/mol. The highest BCUT2D eigenvalue weighted by atomic mass is 32.2. The molecule has 2 atom stereocenters. The highest BCUT2D eigenvalue weighted by molar-refractivity contribution is 7.89. The van der Waals surface area contributed by atoms with E-state index in [1.807, 2.05) is 13.8 Å². The van der Waals surface area contributed by atoms with Gasteiger partial charge in [0.1, 0.15) is 0 Å². The number of carboxylic acids is 1. The average molecular weight is 295 g/mol. The molecule has 1 aromatic rings. The van der Waals surface area contributed by atoms with Gasteiger partial charge in [-0.25, -0.2) is 13.1 Å². The van der Waals surface area contributed by atoms with Crippen LogP contribution in [0.5, 0.6) is 0 Å². The lowest BCUT2D eigenvalue weighted by Gasteiger charge is -2.13. The summed E-state index contributed by atoms with van der Waals surface area (Å²) in [5, 5.41) is 8.88. The van der Waals surface area contributed by atoms with Crippen molar-refractivity contribution in [3.63, 3.8) is 0 Å². The fraction of sp³-hybridized carbons (Fsp3) is 0.357. The van der Waals surface area contributed by atoms with Crippen molar-refractivity contribution in [3.8, 4) is 0 Å². The lowest BCUT2D eigenvalue weighted by atomic mass is 10.1. The van der Waals surface area contributed by atoms with Crippen molar-refractivity contribution in [2.24, 2.45) is 5.92 Å². The molecule has 2 rings (SSSR count). The second-order valence-corrected chi connectivity index (χ2v) is 6.75. The monoisotopic (exact) mass is 295 g/mol. The van der Waals surface area contributed by atoms with E-state index in [0.29, 0.717) is 0 Å². The third-order valence-corrected chi connectivity index (χ3v) is 4.98. The van der Waals surface area contributed by atoms with Crippen molar-refractivity contribution in [2.45, 2.75) is 31.2 Å². The number of aryl methyl sites for hydroxylation is 2. The fourth-order valence-corrected chi connectivity index (χ4v) is 3.41. The molecule has 0 radical (unpaired) electrons. The van der Waals surface area contributed by atoms with Crippen LogP contribution in [0.3, 0.4) is 0 Å². The molecule has 108 valence electrons. The third-order valence-electron chi connectivity index (χ3n) is 3.50. The highest BCUT2D eigenvalue weighted by Crippen LogP contribution is 2.21. The van der Waals surface area contributed by atoms with Crippen molar-refractivity contribution in [2.75, 3.05) is 0 Å². The Labute approximate surface area is 118 Å². The molecule has 0 aromatic heterocycles. The summed E-state index contributed by atoms with van der Waals surface area (Å²) >= 11 is 0. The minimum atomic E-state index is -3.63. The van der Waals surface area contributed by atoms with Gasteiger partial charge in [-0.05, 0) is 43.5 Å². The van der Waals surface area contributed by atoms with Crippen molar-refractivity contribution < 1.29 is 18.3 Å². The van der Waals surface area contributed by atoms with Crippen LogP contribution in [0.2, 0.25) is 0 Å². The maximum absolute atomic E-state index is 12.2. The lowest BCUT2D eigenvalue weighted by Crippen LogP contribution is -2.33. The summed E-state index contributed by atoms with van der Waals surface area (Å²) in [6, 6.07) is 4.46. The molecule has 0 heterocycles. The predicted octanol–water partition coefficient (Wildman–Crippen LogP) is 1.61. The number of sulfonamides is 1. The number of hydrogen-bond acceptors (Lipinski definition) is 3. The van der Waals surface area contributed by atoms with Crippen LogP contribution in [-0.2, 0) is 14.8 Å². The minimum Gasteiger partial charge on any atom is -0.481 e. The second-order valence-electron chi connectivity index (χ2n) is 5.04. The van der Waals surface area contributed by atoms with Crippen LogP contribution in [0.4, 0.5) is 0 Å². The number of benzene rings is 1. The molecule has 0 aliphatic heterocycles. The second kappa shape index (κ2) is 5.38. The summed E-state index contributed by atoms with van der Waals surface area (Å²) in [6.07, 6.45) is 3.37. The first-order valence-corrected chi connectivity index (χ1v) is 7.78. The summed E-state index contributed by atoms with van der Waals surface area (Å²) in [4.78, 5) is 11.0. The first kappa shape index (κ1) is 14.7. The Morgan fingerprint density at radius 1 is 1.25 bits per heavy atom. The molecule has 2 unspecified atom stereocenters. The smallest absolute Gasteiger partial charge is 0.310 e. The van der Waals surface area contributed by atoms with E-state index in [-0.39, 0.29) is 11.3 Å². The van der Waals surface area contributed by atoms with Crippen molar-refractivity contribution in [1.82, 2.24) is 4.72 Å². The van der Waals surface area contributed by atoms with Crippen molar-refractivity contribution in [3.05, 3.63) is 41.5 Å². The largest absolute Gasteiger partial charge is 0.481 e. The standard InChI is InChI=1S/C14H17NO4S/c1-9-3-6-13(7-10(9)2)20(18,19)15-12-5-4-11(8-12)14(16)17/h3-7,11-12,15H,8H2,1-2H3,(H,16,17). The van der Waals surface area contributed by atoms with E-state index in [1.165, 1.54) is 6.08 Å². The van der Waals surface area contributed by atoms with Crippen LogP contribution in [0, 0.1) is 19.8 Å². The van der Waals surface area contributed by atoms with Gasteiger partial charge in [0.2, 0.25) is 10.0 Å². The van der Waals surface area contributed by atoms with Gasteiger partial charge >= 0.3 is 5.97 Å². The molecule has 0 saturated heterocycles. The Hall–Kier alpha value is -1.66. The van der Waals surface area contributed by atoms with Gasteiger partial charge in [-0.1, -0.05) is 18.2 Å². The molecular formula is C14H17NO4S. The van der Waals surface area contributed by atoms with E-state index in [2.05, 4.69) is 4.72 Å². The topological polar surface area (TPSA) is 83.5 Å². The molecule has 1 aromatic carbocycles. The fourth-order valence-electron chi connectivity index (χ4n) is 2.12. The van der Waals surface area contributed by atoms with Gasteiger partial charge < -0.3 is 5.11 Å². The Bertz CT molecular complexity index is 664. The summed E-state index contributed by atoms with van der Waals surface area (Å²) in [6.45, 7) is 3.76. The zero-order chi connectivity index (χ0) is 14.9. The van der Waals surface area contributed by atoms with Gasteiger partial charge in [0.05, 0.1) is 10.8 Å². The SMILES string of the molecule is Cc1ccc(S(=O)(=O)NC2C=CC(C(=O)O)C2)cc1C. The molecule has 20 heavy (non-hydrogen) atoms. The third kappa shape index (κ3) is 3.08. The number of carboxylic acid groups (broad SMARTS) is 1. The number of nitrogens with one attached hydrogen (secondary N) is 1. The summed E-state index contributed by atoms with van der Waals surface area (Å²) in [5.74, 6) is -1.56. The van der Waals surface area contributed by atoms with E-state index in [0.717, 1.165) is 11.1 Å². The van der Waals surface area contributed by atoms with Gasteiger partial charge in [-0.2, -0.15) is 0 Å². The molecule has 0 bridgehead atoms. The van der Waals surface area contributed by atoms with Gasteiger partial charge in [-0.3, -0.25) is 4.79 Å². The summed E-state index contributed by atoms with van der Waals surface area (Å²) in [7, 11) is -3.63. The Morgan fingerprint density at radius 3 is 2.50 bits per heavy atom. The number of aliphatic carboxylic acids is 1. The molecule has 6 heteroatoms. The molecule has 0 amide bonds. The Morgan fingerprint density at radius 2 is 1.95 bits per heavy atom. The van der Waals surface area contributed by atoms with E-state index in [9.17, 15) is 13.2 Å². The normalized spacial score (nSPS) is 22.1. The molecule has 0 spiro atoms. The molecule has 2 N–H and O–H groups in total. The highest BCUT2D eigenvalue weighted by Gasteiger charge is 2.28. The van der Waals surface area contributed by atoms with Gasteiger partial charge in [0, 0.05) is 6.04 Å². The molecule has 5 nitrogen and oxygen atoms in total. The predicted molar refractivity (Wildman–Crippen MR) is 74.9 cm³/mol. The lowest BCUT2D eigenvalue weighted by molar-refractivity contribution is -0.140. The summed E-state index contributed by atoms with van der Waals surface area (Å²) < 4.78 is 27.0. The van der Waals surface area contributed by atoms with Crippen molar-refractivity contribution >= 4 is 16.0 Å². The molecule has 0 saturated carbocycles. The van der Waals surface area contributed by atoms with Gasteiger partial charge in [0.15, 0.2) is 0 Å². The molecule has 1 aliphatic carbocycles. The van der Waals surface area contributed by atoms with Crippen LogP contribution < -0.4 is 4.72 Å². The van der Waals surface area contributed by atoms with Gasteiger partial charge in [0.25, 0.3) is 0 Å². The van der Waals surface area contributed by atoms with Crippen LogP contribution in [-0.4, -0.2) is 25.5 Å². The number of carbonyl (C=O) groups is 1. The van der Waals surface area contributed by atoms with E-state index < -0.39 is 28.0 Å². The van der Waals surface area contributed by atoms with Gasteiger partial charge in [-0.15, -0.1) is 0 Å². The first-order valence-electron chi connectivity index (χ1n) is 6.30. The van der Waals surface area contributed by atoms with E-state index >= 15 is 0 Å². The number of rotatable bonds is 4. The van der Waals surface area contributed by atoms with E-state index in [4.69, 9.17) is 5.11 Å². The minimum absolute atomic E-state index is 0.202. The Kier molecular flexibility index (Phi) is 3.96. The van der Waals surface area contributed by atoms with Crippen molar-refractivity contribution in [1.29, 1.82) is 0 Å². The molecule has 0 fully saturated rings. The summed E-state index contributed by atoms with van der Waals surface area (Å²) in [5.41, 5.74) is 1.92. The molecule has 1 aliphatic rings. The van der Waals surface area contributed by atoms with Crippen LogP contribution in [0.25, 0.3) is 0 Å².